The van der Waals surface area contributed by atoms with Crippen molar-refractivity contribution in [2.45, 2.75) is 6.85 Å². The number of rotatable bonds is 0. The van der Waals surface area contributed by atoms with Crippen LogP contribution >= 0.6 is 23.2 Å². The van der Waals surface area contributed by atoms with E-state index >= 15 is 0 Å². The molecule has 0 aliphatic rings. The number of aryl methyl sites for hydroxylation is 1. The zero-order valence-electron chi connectivity index (χ0n) is 7.10. The van der Waals surface area contributed by atoms with Crippen LogP contribution in [0.2, 0.25) is 10.6 Å². The maximum atomic E-state index is 6.93. The summed E-state index contributed by atoms with van der Waals surface area (Å²) in [5, 5.41) is -0.442. The molecule has 0 fully saturated rings. The molecule has 0 aliphatic carbocycles. The van der Waals surface area contributed by atoms with Gasteiger partial charge in [0, 0.05) is 4.11 Å². The molecule has 0 N–H and O–H groups in total. The van der Waals surface area contributed by atoms with E-state index in [2.05, 4.69) is 15.0 Å². The van der Waals surface area contributed by atoms with Crippen molar-refractivity contribution in [3.05, 3.63) is 16.4 Å². The Morgan fingerprint density at radius 3 is 2.22 bits per heavy atom. The maximum absolute atomic E-state index is 6.93. The molecule has 3 nitrogen and oxygen atoms in total. The average molecular weight is 167 g/mol. The lowest BCUT2D eigenvalue weighted by Crippen LogP contribution is -1.91. The van der Waals surface area contributed by atoms with Gasteiger partial charge in [0.1, 0.15) is 5.82 Å². The molecule has 0 radical (unpaired) electrons. The number of hydrogen-bond acceptors (Lipinski definition) is 3. The number of aromatic nitrogens is 3. The van der Waals surface area contributed by atoms with Crippen molar-refractivity contribution in [1.82, 2.24) is 15.0 Å². The van der Waals surface area contributed by atoms with Crippen LogP contribution in [0.15, 0.2) is 0 Å². The summed E-state index contributed by atoms with van der Waals surface area (Å²) >= 11 is 10.7. The van der Waals surface area contributed by atoms with Gasteiger partial charge in [0.15, 0.2) is 0 Å². The summed E-state index contributed by atoms with van der Waals surface area (Å²) in [4.78, 5) is 10.2. The van der Waals surface area contributed by atoms with Crippen LogP contribution in [-0.4, -0.2) is 15.0 Å². The highest BCUT2D eigenvalue weighted by Crippen LogP contribution is 2.04. The van der Waals surface area contributed by atoms with Crippen LogP contribution in [-0.2, 0) is 0 Å². The first kappa shape index (κ1) is 3.68. The molecule has 0 aromatic carbocycles. The first-order valence-corrected chi connectivity index (χ1v) is 2.73. The van der Waals surface area contributed by atoms with Gasteiger partial charge >= 0.3 is 0 Å². The van der Waals surface area contributed by atoms with E-state index < -0.39 is 12.7 Å². The monoisotopic (exact) mass is 166 g/mol. The molecule has 5 heteroatoms. The van der Waals surface area contributed by atoms with Gasteiger partial charge in [-0.05, 0) is 30.1 Å². The van der Waals surface area contributed by atoms with E-state index in [0.717, 1.165) is 0 Å². The number of halogens is 2. The first-order valence-electron chi connectivity index (χ1n) is 3.47. The third-order valence-corrected chi connectivity index (χ3v) is 0.919. The fourth-order valence-electron chi connectivity index (χ4n) is 0.326. The zero-order valence-corrected chi connectivity index (χ0v) is 5.61. The highest BCUT2D eigenvalue weighted by atomic mass is 35.5. The van der Waals surface area contributed by atoms with E-state index in [1.54, 1.807) is 0 Å². The third kappa shape index (κ3) is 1.77. The Balaban J connectivity index is 3.18. The predicted molar refractivity (Wildman–Crippen MR) is 34.6 cm³/mol. The molecule has 0 bridgehead atoms. The van der Waals surface area contributed by atoms with Crippen molar-refractivity contribution in [1.29, 1.82) is 0 Å². The van der Waals surface area contributed by atoms with Crippen molar-refractivity contribution in [3.8, 4) is 0 Å². The molecule has 1 rings (SSSR count). The fraction of sp³-hybridized carbons (Fsp3) is 0.250. The smallest absolute Gasteiger partial charge is 0.203 e. The van der Waals surface area contributed by atoms with E-state index in [-0.39, 0.29) is 10.6 Å². The number of nitrogens with zero attached hydrogens (tertiary/aromatic N) is 3. The van der Waals surface area contributed by atoms with E-state index in [9.17, 15) is 0 Å². The van der Waals surface area contributed by atoms with Gasteiger partial charge in [0.2, 0.25) is 10.6 Å². The summed E-state index contributed by atoms with van der Waals surface area (Å²) in [5.74, 6) is -0.396. The minimum atomic E-state index is -2.41. The first-order chi connectivity index (χ1) is 5.39. The molecule has 0 amide bonds. The Morgan fingerprint density at radius 1 is 1.22 bits per heavy atom. The quantitative estimate of drug-likeness (QED) is 0.587. The standard InChI is InChI=1S/C4H3Cl2N3/c1-2-7-3(5)9-4(6)8-2/h1H3/i1D3. The predicted octanol–water partition coefficient (Wildman–Crippen LogP) is 1.49. The largest absolute Gasteiger partial charge is 0.226 e. The van der Waals surface area contributed by atoms with E-state index in [0.29, 0.717) is 0 Å². The van der Waals surface area contributed by atoms with Crippen LogP contribution in [0.1, 0.15) is 9.94 Å². The summed E-state index contributed by atoms with van der Waals surface area (Å²) in [5.41, 5.74) is 0. The van der Waals surface area contributed by atoms with Gasteiger partial charge in [-0.15, -0.1) is 0 Å². The molecule has 1 aromatic rings. The normalized spacial score (nSPS) is 16.0. The van der Waals surface area contributed by atoms with Crippen molar-refractivity contribution < 1.29 is 4.11 Å². The third-order valence-electron chi connectivity index (χ3n) is 0.581. The van der Waals surface area contributed by atoms with Crippen LogP contribution < -0.4 is 0 Å². The van der Waals surface area contributed by atoms with Crippen LogP contribution in [0.3, 0.4) is 0 Å². The molecule has 1 heterocycles. The van der Waals surface area contributed by atoms with Gasteiger partial charge in [0.05, 0.1) is 0 Å². The molecule has 48 valence electrons. The van der Waals surface area contributed by atoms with E-state index in [1.165, 1.54) is 0 Å². The molecule has 1 aromatic heterocycles. The van der Waals surface area contributed by atoms with Crippen molar-refractivity contribution in [3.63, 3.8) is 0 Å². The van der Waals surface area contributed by atoms with Crippen LogP contribution in [0.5, 0.6) is 0 Å². The van der Waals surface area contributed by atoms with Crippen molar-refractivity contribution in [2.24, 2.45) is 0 Å². The minimum absolute atomic E-state index is 0.221. The van der Waals surface area contributed by atoms with Gasteiger partial charge in [-0.3, -0.25) is 0 Å². The molecule has 0 aliphatic heterocycles. The number of hydrogen-bond donors (Lipinski definition) is 0. The molecule has 0 saturated heterocycles. The molecule has 0 saturated carbocycles. The van der Waals surface area contributed by atoms with Gasteiger partial charge in [-0.2, -0.15) is 4.98 Å². The second-order valence-electron chi connectivity index (χ2n) is 1.20. The van der Waals surface area contributed by atoms with Crippen LogP contribution in [0, 0.1) is 6.85 Å². The van der Waals surface area contributed by atoms with Gasteiger partial charge < -0.3 is 0 Å². The average Bonchev–Trinajstić information content (AvgIpc) is 1.82. The zero-order chi connectivity index (χ0) is 9.35. The van der Waals surface area contributed by atoms with Gasteiger partial charge in [-0.1, -0.05) is 0 Å². The highest BCUT2D eigenvalue weighted by molar-refractivity contribution is 6.30. The Hall–Kier alpha value is -0.410. The van der Waals surface area contributed by atoms with Crippen molar-refractivity contribution in [2.75, 3.05) is 0 Å². The molecule has 9 heavy (non-hydrogen) atoms. The van der Waals surface area contributed by atoms with Crippen LogP contribution in [0.25, 0.3) is 0 Å². The second kappa shape index (κ2) is 2.45. The van der Waals surface area contributed by atoms with Gasteiger partial charge in [-0.25, -0.2) is 9.97 Å². The molecular weight excluding hydrogens is 161 g/mol. The van der Waals surface area contributed by atoms with E-state index in [1.807, 2.05) is 0 Å². The van der Waals surface area contributed by atoms with E-state index in [4.69, 9.17) is 27.3 Å². The lowest BCUT2D eigenvalue weighted by atomic mass is 10.7. The lowest BCUT2D eigenvalue weighted by molar-refractivity contribution is 0.975. The highest BCUT2D eigenvalue weighted by Gasteiger charge is 1.95. The molecule has 0 atom stereocenters. The topological polar surface area (TPSA) is 38.7 Å². The minimum Gasteiger partial charge on any atom is -0.203 e. The summed E-state index contributed by atoms with van der Waals surface area (Å²) in [6.07, 6.45) is 0. The summed E-state index contributed by atoms with van der Waals surface area (Å²) in [6, 6.07) is 0. The molecular formula is C4H3Cl2N3. The van der Waals surface area contributed by atoms with Crippen molar-refractivity contribution >= 4 is 23.2 Å². The Labute approximate surface area is 66.3 Å². The second-order valence-corrected chi connectivity index (χ2v) is 1.87. The van der Waals surface area contributed by atoms with Gasteiger partial charge in [0.25, 0.3) is 0 Å². The Kier molecular flexibility index (Phi) is 1.00. The summed E-state index contributed by atoms with van der Waals surface area (Å²) in [6.45, 7) is -2.41. The maximum Gasteiger partial charge on any atom is 0.226 e. The molecule has 0 spiro atoms. The van der Waals surface area contributed by atoms with Crippen LogP contribution in [0.4, 0.5) is 0 Å². The Bertz CT molecular complexity index is 280. The SMILES string of the molecule is [2H]C([2H])([2H])c1nc(Cl)nc(Cl)n1. The summed E-state index contributed by atoms with van der Waals surface area (Å²) < 4.78 is 20.8. The lowest BCUT2D eigenvalue weighted by Gasteiger charge is -1.90. The summed E-state index contributed by atoms with van der Waals surface area (Å²) in [7, 11) is 0. The Morgan fingerprint density at radius 2 is 1.78 bits per heavy atom. The molecule has 0 unspecified atom stereocenters. The fourth-order valence-corrected chi connectivity index (χ4v) is 0.689.